The molecule has 0 aliphatic carbocycles. The molecule has 0 spiro atoms. The van der Waals surface area contributed by atoms with Gasteiger partial charge in [0, 0.05) is 13.8 Å². The second-order valence-electron chi connectivity index (χ2n) is 15.2. The number of ether oxygens (including phenoxy) is 8. The smallest absolute Gasteiger partial charge is 0.217 e. The predicted octanol–water partition coefficient (Wildman–Crippen LogP) is -11.0. The van der Waals surface area contributed by atoms with E-state index in [2.05, 4.69) is 10.6 Å². The van der Waals surface area contributed by atoms with Crippen molar-refractivity contribution in [1.29, 1.82) is 0 Å². The van der Waals surface area contributed by atoms with Crippen LogP contribution in [0, 0.1) is 0 Å². The van der Waals surface area contributed by atoms with Gasteiger partial charge in [0.05, 0.1) is 45.2 Å². The van der Waals surface area contributed by atoms with Gasteiger partial charge in [0.25, 0.3) is 0 Å². The molecule has 24 atom stereocenters. The number of aliphatic hydroxyl groups excluding tert-OH is 15. The minimum atomic E-state index is -2.25. The van der Waals surface area contributed by atoms with Gasteiger partial charge in [-0.1, -0.05) is 0 Å². The Labute approximate surface area is 347 Å². The van der Waals surface area contributed by atoms with Gasteiger partial charge in [-0.15, -0.1) is 0 Å². The van der Waals surface area contributed by atoms with Gasteiger partial charge in [-0.3, -0.25) is 9.59 Å². The van der Waals surface area contributed by atoms with Crippen molar-refractivity contribution in [2.75, 3.05) is 33.0 Å². The number of hydrogen-bond donors (Lipinski definition) is 17. The zero-order chi connectivity index (χ0) is 45.6. The second-order valence-corrected chi connectivity index (χ2v) is 15.2. The Kier molecular flexibility index (Phi) is 19.3. The molecular formula is C34H60N2O25. The van der Waals surface area contributed by atoms with E-state index in [-0.39, 0.29) is 0 Å². The second kappa shape index (κ2) is 22.8. The fourth-order valence-corrected chi connectivity index (χ4v) is 7.26. The molecule has 0 saturated carbocycles. The van der Waals surface area contributed by atoms with Gasteiger partial charge >= 0.3 is 0 Å². The minimum Gasteiger partial charge on any atom is -0.394 e. The molecule has 61 heavy (non-hydrogen) atoms. The van der Waals surface area contributed by atoms with Gasteiger partial charge in [0.2, 0.25) is 11.8 Å². The van der Waals surface area contributed by atoms with Crippen LogP contribution in [0.4, 0.5) is 0 Å². The molecule has 4 aliphatic heterocycles. The first-order valence-corrected chi connectivity index (χ1v) is 19.4. The lowest BCUT2D eigenvalue weighted by atomic mass is 9.95. The first kappa shape index (κ1) is 51.7. The van der Waals surface area contributed by atoms with Gasteiger partial charge in [-0.05, 0) is 6.92 Å². The molecule has 24 unspecified atom stereocenters. The third-order valence-corrected chi connectivity index (χ3v) is 10.7. The van der Waals surface area contributed by atoms with Crippen LogP contribution in [0.25, 0.3) is 0 Å². The van der Waals surface area contributed by atoms with E-state index in [1.54, 1.807) is 0 Å². The molecule has 4 saturated heterocycles. The third-order valence-electron chi connectivity index (χ3n) is 10.7. The fraction of sp³-hybridized carbons (Fsp3) is 0.941. The summed E-state index contributed by atoms with van der Waals surface area (Å²) in [5.74, 6) is -1.51. The number of aliphatic hydroxyl groups is 15. The Balaban J connectivity index is 1.67. The van der Waals surface area contributed by atoms with Crippen LogP contribution in [0.5, 0.6) is 0 Å². The maximum atomic E-state index is 12.2. The summed E-state index contributed by atoms with van der Waals surface area (Å²) in [6, 6.07) is -3.12. The summed E-state index contributed by atoms with van der Waals surface area (Å²) >= 11 is 0. The largest absolute Gasteiger partial charge is 0.394 e. The molecule has 4 aliphatic rings. The molecule has 17 N–H and O–H groups in total. The molecule has 356 valence electrons. The Morgan fingerprint density at radius 2 is 1.10 bits per heavy atom. The van der Waals surface area contributed by atoms with E-state index in [0.717, 1.165) is 13.8 Å². The molecular weight excluding hydrogens is 836 g/mol. The van der Waals surface area contributed by atoms with Crippen LogP contribution in [-0.4, -0.2) is 269 Å². The molecule has 0 bridgehead atoms. The van der Waals surface area contributed by atoms with Gasteiger partial charge in [-0.25, -0.2) is 0 Å². The lowest BCUT2D eigenvalue weighted by Crippen LogP contribution is -2.68. The number of rotatable bonds is 18. The average Bonchev–Trinajstić information content (AvgIpc) is 3.22. The minimum absolute atomic E-state index is 0.703. The highest BCUT2D eigenvalue weighted by Gasteiger charge is 2.55. The first-order chi connectivity index (χ1) is 28.7. The monoisotopic (exact) mass is 896 g/mol. The van der Waals surface area contributed by atoms with E-state index in [9.17, 15) is 86.2 Å². The van der Waals surface area contributed by atoms with E-state index in [1.807, 2.05) is 0 Å². The van der Waals surface area contributed by atoms with Crippen LogP contribution in [-0.2, 0) is 47.5 Å². The summed E-state index contributed by atoms with van der Waals surface area (Å²) in [7, 11) is 0. The Morgan fingerprint density at radius 1 is 0.590 bits per heavy atom. The predicted molar refractivity (Wildman–Crippen MR) is 191 cm³/mol. The molecule has 27 nitrogen and oxygen atoms in total. The molecule has 0 aromatic rings. The number of amides is 2. The standard InChI is InChI=1S/C34H60N2O25/c1-9-18(44)23(49)25(51)32(55-9)61-30-27(53)29(60-33-26(52)24(50)21(47)15(6-39)57-33)16(7-40)58-34(30)59-28(12(4-37)35-10(2)41)19(45)13(43)8-54-31-17(36-11(3)42)22(48)20(46)14(5-38)56-31/h9,12-34,37-40,43-53H,4-8H2,1-3H3,(H,35,41)(H,36,42). The van der Waals surface area contributed by atoms with Crippen molar-refractivity contribution in [1.82, 2.24) is 10.6 Å². The number of nitrogens with one attached hydrogen (secondary N) is 2. The lowest BCUT2D eigenvalue weighted by molar-refractivity contribution is -0.392. The summed E-state index contributed by atoms with van der Waals surface area (Å²) in [5.41, 5.74) is 0. The molecule has 2 amide bonds. The van der Waals surface area contributed by atoms with Crippen molar-refractivity contribution in [3.63, 3.8) is 0 Å². The van der Waals surface area contributed by atoms with Crippen molar-refractivity contribution in [2.45, 2.75) is 168 Å². The van der Waals surface area contributed by atoms with E-state index in [4.69, 9.17) is 37.9 Å². The van der Waals surface area contributed by atoms with Gasteiger partial charge in [0.15, 0.2) is 25.2 Å². The molecule has 4 rings (SSSR count). The first-order valence-electron chi connectivity index (χ1n) is 19.4. The van der Waals surface area contributed by atoms with Crippen molar-refractivity contribution in [2.24, 2.45) is 0 Å². The van der Waals surface area contributed by atoms with Gasteiger partial charge in [-0.2, -0.15) is 0 Å². The SMILES string of the molecule is CC(=O)NC(CO)C(OC1OC(CO)C(OC2OC(CO)C(O)C(O)C2O)C(O)C1OC1OC(C)C(O)C(O)C1O)C(O)C(O)COC1OC(CO)C(O)C(O)C1NC(C)=O. The van der Waals surface area contributed by atoms with Crippen molar-refractivity contribution in [3.8, 4) is 0 Å². The average molecular weight is 897 g/mol. The van der Waals surface area contributed by atoms with Gasteiger partial charge in [0.1, 0.15) is 110 Å². The van der Waals surface area contributed by atoms with Crippen LogP contribution in [0.15, 0.2) is 0 Å². The highest BCUT2D eigenvalue weighted by molar-refractivity contribution is 5.73. The summed E-state index contributed by atoms with van der Waals surface area (Å²) in [4.78, 5) is 24.1. The molecule has 4 heterocycles. The Bertz CT molecular complexity index is 1370. The zero-order valence-electron chi connectivity index (χ0n) is 33.2. The lowest BCUT2D eigenvalue weighted by Gasteiger charge is -2.49. The highest BCUT2D eigenvalue weighted by Crippen LogP contribution is 2.34. The Morgan fingerprint density at radius 3 is 1.64 bits per heavy atom. The van der Waals surface area contributed by atoms with Crippen molar-refractivity contribution < 1.29 is 124 Å². The molecule has 0 aromatic heterocycles. The number of carbonyl (C=O) groups is 2. The highest BCUT2D eigenvalue weighted by atomic mass is 16.8. The summed E-state index contributed by atoms with van der Waals surface area (Å²) in [6.45, 7) is -1.31. The number of hydrogen-bond acceptors (Lipinski definition) is 25. The molecule has 4 fully saturated rings. The maximum Gasteiger partial charge on any atom is 0.217 e. The van der Waals surface area contributed by atoms with Crippen molar-refractivity contribution in [3.05, 3.63) is 0 Å². The summed E-state index contributed by atoms with van der Waals surface area (Å²) < 4.78 is 45.4. The molecule has 27 heteroatoms. The fourth-order valence-electron chi connectivity index (χ4n) is 7.26. The van der Waals surface area contributed by atoms with Crippen LogP contribution >= 0.6 is 0 Å². The van der Waals surface area contributed by atoms with E-state index < -0.39 is 192 Å². The zero-order valence-corrected chi connectivity index (χ0v) is 33.2. The van der Waals surface area contributed by atoms with Crippen LogP contribution in [0.1, 0.15) is 20.8 Å². The molecule has 0 radical (unpaired) electrons. The van der Waals surface area contributed by atoms with E-state index in [0.29, 0.717) is 0 Å². The Hall–Kier alpha value is -1.98. The number of carbonyl (C=O) groups excluding carboxylic acids is 2. The third kappa shape index (κ3) is 12.0. The maximum absolute atomic E-state index is 12.2. The van der Waals surface area contributed by atoms with E-state index >= 15 is 0 Å². The van der Waals surface area contributed by atoms with Crippen LogP contribution < -0.4 is 10.6 Å². The summed E-state index contributed by atoms with van der Waals surface area (Å²) in [6.07, 6.45) is -40.7. The van der Waals surface area contributed by atoms with Gasteiger partial charge < -0.3 is 125 Å². The molecule has 0 aromatic carbocycles. The normalized spacial score (nSPS) is 44.1. The topological polar surface area (TPSA) is 435 Å². The quantitative estimate of drug-likeness (QED) is 0.0607. The van der Waals surface area contributed by atoms with E-state index in [1.165, 1.54) is 6.92 Å². The van der Waals surface area contributed by atoms with Crippen LogP contribution in [0.3, 0.4) is 0 Å². The van der Waals surface area contributed by atoms with Crippen LogP contribution in [0.2, 0.25) is 0 Å². The van der Waals surface area contributed by atoms with Crippen molar-refractivity contribution >= 4 is 11.8 Å². The summed E-state index contributed by atoms with van der Waals surface area (Å²) in [5, 5.41) is 163.